The molecule has 136 valence electrons. The molecule has 6 heteroatoms. The average molecular weight is 370 g/mol. The van der Waals surface area contributed by atoms with Crippen molar-refractivity contribution in [2.24, 2.45) is 0 Å². The minimum atomic E-state index is -3.62. The van der Waals surface area contributed by atoms with Gasteiger partial charge in [-0.2, -0.15) is 0 Å². The number of benzene rings is 1. The third-order valence-electron chi connectivity index (χ3n) is 5.19. The first kappa shape index (κ1) is 17.2. The molecule has 26 heavy (non-hydrogen) atoms. The third-order valence-corrected chi connectivity index (χ3v) is 6.66. The molecule has 1 heterocycles. The summed E-state index contributed by atoms with van der Waals surface area (Å²) in [6, 6.07) is 4.73. The average Bonchev–Trinajstić information content (AvgIpc) is 2.87. The van der Waals surface area contributed by atoms with E-state index in [1.165, 1.54) is 11.1 Å². The predicted molar refractivity (Wildman–Crippen MR) is 101 cm³/mol. The van der Waals surface area contributed by atoms with Gasteiger partial charge in [-0.3, -0.25) is 4.79 Å². The molecule has 1 atom stereocenters. The fraction of sp³-hybridized carbons (Fsp3) is 0.350. The van der Waals surface area contributed by atoms with Crippen LogP contribution in [0.4, 0.5) is 5.69 Å². The maximum Gasteiger partial charge on any atom is 0.241 e. The third kappa shape index (κ3) is 3.39. The molecule has 4 rings (SSSR count). The van der Waals surface area contributed by atoms with Crippen molar-refractivity contribution in [1.82, 2.24) is 4.72 Å². The van der Waals surface area contributed by atoms with E-state index in [1.54, 1.807) is 18.2 Å². The molecule has 2 aliphatic carbocycles. The Balaban J connectivity index is 1.60. The Morgan fingerprint density at radius 1 is 1.08 bits per heavy atom. The quantitative estimate of drug-likeness (QED) is 0.802. The van der Waals surface area contributed by atoms with Crippen LogP contribution < -0.4 is 10.0 Å². The van der Waals surface area contributed by atoms with Gasteiger partial charge in [0, 0.05) is 18.2 Å². The summed E-state index contributed by atoms with van der Waals surface area (Å²) < 4.78 is 28.8. The molecule has 0 spiro atoms. The second kappa shape index (κ2) is 6.85. The van der Waals surface area contributed by atoms with Gasteiger partial charge in [0.15, 0.2) is 0 Å². The molecule has 1 aliphatic heterocycles. The molecule has 0 radical (unpaired) electrons. The molecular weight excluding hydrogens is 348 g/mol. The predicted octanol–water partition coefficient (Wildman–Crippen LogP) is 3.21. The van der Waals surface area contributed by atoms with Gasteiger partial charge in [-0.25, -0.2) is 13.1 Å². The van der Waals surface area contributed by atoms with E-state index in [1.807, 2.05) is 0 Å². The molecule has 2 N–H and O–H groups in total. The van der Waals surface area contributed by atoms with Gasteiger partial charge in [0.25, 0.3) is 0 Å². The zero-order valence-electron chi connectivity index (χ0n) is 14.5. The number of aryl methyl sites for hydroxylation is 1. The SMILES string of the molecule is O=C1CCc2cc(S(=O)(=O)NC3CC=CC4=C3CC=CCC4)ccc2N1. The Kier molecular flexibility index (Phi) is 4.54. The number of allylic oxidation sites excluding steroid dienone is 4. The topological polar surface area (TPSA) is 75.3 Å². The first-order chi connectivity index (χ1) is 12.5. The van der Waals surface area contributed by atoms with Gasteiger partial charge in [-0.1, -0.05) is 24.3 Å². The van der Waals surface area contributed by atoms with Crippen molar-refractivity contribution in [3.8, 4) is 0 Å². The molecule has 1 unspecified atom stereocenters. The Labute approximate surface area is 153 Å². The molecule has 0 aromatic heterocycles. The van der Waals surface area contributed by atoms with E-state index in [4.69, 9.17) is 0 Å². The van der Waals surface area contributed by atoms with Crippen LogP contribution in [-0.2, 0) is 21.2 Å². The van der Waals surface area contributed by atoms with Crippen molar-refractivity contribution in [2.45, 2.75) is 49.5 Å². The summed E-state index contributed by atoms with van der Waals surface area (Å²) in [5, 5.41) is 2.79. The number of sulfonamides is 1. The van der Waals surface area contributed by atoms with Crippen LogP contribution in [0.2, 0.25) is 0 Å². The van der Waals surface area contributed by atoms with Crippen molar-refractivity contribution in [3.63, 3.8) is 0 Å². The molecule has 3 aliphatic rings. The van der Waals surface area contributed by atoms with Crippen LogP contribution in [0.15, 0.2) is 58.5 Å². The van der Waals surface area contributed by atoms with E-state index in [0.29, 0.717) is 24.9 Å². The molecule has 0 bridgehead atoms. The van der Waals surface area contributed by atoms with E-state index in [2.05, 4.69) is 34.3 Å². The van der Waals surface area contributed by atoms with Crippen molar-refractivity contribution in [2.75, 3.05) is 5.32 Å². The number of hydrogen-bond acceptors (Lipinski definition) is 3. The second-order valence-corrected chi connectivity index (χ2v) is 8.66. The number of anilines is 1. The lowest BCUT2D eigenvalue weighted by Gasteiger charge is -2.25. The summed E-state index contributed by atoms with van der Waals surface area (Å²) in [4.78, 5) is 11.7. The number of nitrogens with one attached hydrogen (secondary N) is 2. The van der Waals surface area contributed by atoms with Crippen LogP contribution in [0.5, 0.6) is 0 Å². The summed E-state index contributed by atoms with van der Waals surface area (Å²) in [6.07, 6.45) is 12.9. The summed E-state index contributed by atoms with van der Waals surface area (Å²) in [5.41, 5.74) is 4.00. The number of hydrogen-bond donors (Lipinski definition) is 2. The van der Waals surface area contributed by atoms with Gasteiger partial charge in [-0.05, 0) is 67.0 Å². The second-order valence-electron chi connectivity index (χ2n) is 6.94. The normalized spacial score (nSPS) is 22.5. The van der Waals surface area contributed by atoms with E-state index in [0.717, 1.165) is 24.8 Å². The van der Waals surface area contributed by atoms with E-state index in [-0.39, 0.29) is 16.8 Å². The van der Waals surface area contributed by atoms with Crippen LogP contribution in [0.1, 0.15) is 37.7 Å². The van der Waals surface area contributed by atoms with Crippen LogP contribution in [0, 0.1) is 0 Å². The fourth-order valence-electron chi connectivity index (χ4n) is 3.81. The van der Waals surface area contributed by atoms with Gasteiger partial charge in [0.1, 0.15) is 0 Å². The Morgan fingerprint density at radius 3 is 2.85 bits per heavy atom. The Hall–Kier alpha value is -2.18. The van der Waals surface area contributed by atoms with Gasteiger partial charge in [-0.15, -0.1) is 0 Å². The first-order valence-corrected chi connectivity index (χ1v) is 10.5. The highest BCUT2D eigenvalue weighted by atomic mass is 32.2. The van der Waals surface area contributed by atoms with Crippen molar-refractivity contribution in [1.29, 1.82) is 0 Å². The van der Waals surface area contributed by atoms with Crippen molar-refractivity contribution < 1.29 is 13.2 Å². The highest BCUT2D eigenvalue weighted by Crippen LogP contribution is 2.30. The highest BCUT2D eigenvalue weighted by molar-refractivity contribution is 7.89. The van der Waals surface area contributed by atoms with Crippen LogP contribution in [0.25, 0.3) is 0 Å². The molecule has 1 aromatic rings. The van der Waals surface area contributed by atoms with Gasteiger partial charge >= 0.3 is 0 Å². The lowest BCUT2D eigenvalue weighted by molar-refractivity contribution is -0.116. The van der Waals surface area contributed by atoms with Crippen LogP contribution in [-0.4, -0.2) is 20.4 Å². The van der Waals surface area contributed by atoms with Gasteiger partial charge in [0.2, 0.25) is 15.9 Å². The summed E-state index contributed by atoms with van der Waals surface area (Å²) in [6.45, 7) is 0. The largest absolute Gasteiger partial charge is 0.326 e. The van der Waals surface area contributed by atoms with Crippen LogP contribution >= 0.6 is 0 Å². The smallest absolute Gasteiger partial charge is 0.241 e. The molecular formula is C20H22N2O3S. The minimum absolute atomic E-state index is 0.0268. The molecule has 0 fully saturated rings. The number of amides is 1. The number of rotatable bonds is 3. The summed E-state index contributed by atoms with van der Waals surface area (Å²) in [7, 11) is -3.62. The lowest BCUT2D eigenvalue weighted by atomic mass is 9.90. The van der Waals surface area contributed by atoms with Crippen LogP contribution in [0.3, 0.4) is 0 Å². The minimum Gasteiger partial charge on any atom is -0.326 e. The van der Waals surface area contributed by atoms with Gasteiger partial charge < -0.3 is 5.32 Å². The summed E-state index contributed by atoms with van der Waals surface area (Å²) >= 11 is 0. The highest BCUT2D eigenvalue weighted by Gasteiger charge is 2.27. The number of carbonyl (C=O) groups is 1. The zero-order chi connectivity index (χ0) is 18.1. The lowest BCUT2D eigenvalue weighted by Crippen LogP contribution is -2.37. The molecule has 1 aromatic carbocycles. The standard InChI is InChI=1S/C20H22N2O3S/c23-20-12-9-15-13-16(10-11-18(15)21-20)26(24,25)22-19-8-4-6-14-5-2-1-3-7-17(14)19/h1,3-4,6,10-11,13,19,22H,2,5,7-9,12H2,(H,21,23). The zero-order valence-corrected chi connectivity index (χ0v) is 15.3. The van der Waals surface area contributed by atoms with E-state index >= 15 is 0 Å². The van der Waals surface area contributed by atoms with Crippen molar-refractivity contribution in [3.05, 3.63) is 59.2 Å². The molecule has 0 saturated heterocycles. The number of fused-ring (bicyclic) bond motifs is 1. The monoisotopic (exact) mass is 370 g/mol. The maximum atomic E-state index is 12.9. The fourth-order valence-corrected chi connectivity index (χ4v) is 5.10. The Bertz CT molecular complexity index is 942. The number of carbonyl (C=O) groups excluding carboxylic acids is 1. The van der Waals surface area contributed by atoms with Gasteiger partial charge in [0.05, 0.1) is 4.90 Å². The van der Waals surface area contributed by atoms with E-state index < -0.39 is 10.0 Å². The Morgan fingerprint density at radius 2 is 1.96 bits per heavy atom. The first-order valence-electron chi connectivity index (χ1n) is 9.01. The molecule has 1 amide bonds. The summed E-state index contributed by atoms with van der Waals surface area (Å²) in [5.74, 6) is -0.0268. The van der Waals surface area contributed by atoms with Crippen molar-refractivity contribution >= 4 is 21.6 Å². The maximum absolute atomic E-state index is 12.9. The molecule has 0 saturated carbocycles. The molecule has 5 nitrogen and oxygen atoms in total. The van der Waals surface area contributed by atoms with E-state index in [9.17, 15) is 13.2 Å².